The Morgan fingerprint density at radius 1 is 1.38 bits per heavy atom. The molecule has 2 aromatic rings. The van der Waals surface area contributed by atoms with Crippen LogP contribution in [0.5, 0.6) is 0 Å². The van der Waals surface area contributed by atoms with Gasteiger partial charge < -0.3 is 0 Å². The largest absolute Gasteiger partial charge is 0.269 e. The molecule has 0 aliphatic rings. The zero-order chi connectivity index (χ0) is 15.6. The number of benzene rings is 1. The quantitative estimate of drug-likeness (QED) is 0.613. The molecule has 0 atom stereocenters. The predicted octanol–water partition coefficient (Wildman–Crippen LogP) is 0.964. The summed E-state index contributed by atoms with van der Waals surface area (Å²) in [6.45, 7) is -0.00204. The number of nitrogens with one attached hydrogen (secondary N) is 1. The van der Waals surface area contributed by atoms with Crippen molar-refractivity contribution in [3.63, 3.8) is 0 Å². The van der Waals surface area contributed by atoms with Gasteiger partial charge in [0.1, 0.15) is 0 Å². The third-order valence-corrected chi connectivity index (χ3v) is 4.89. The van der Waals surface area contributed by atoms with Gasteiger partial charge in [0.2, 0.25) is 5.03 Å². The molecule has 11 heteroatoms. The maximum Gasteiger partial charge on any atom is 0.269 e. The molecule has 0 bridgehead atoms. The molecule has 1 heterocycles. The van der Waals surface area contributed by atoms with Gasteiger partial charge in [-0.05, 0) is 21.5 Å². The summed E-state index contributed by atoms with van der Waals surface area (Å²) in [5.74, 6) is 0. The molecular weight excluding hydrogens is 366 g/mol. The maximum absolute atomic E-state index is 12.1. The van der Waals surface area contributed by atoms with Crippen LogP contribution in [0.2, 0.25) is 0 Å². The molecule has 0 saturated heterocycles. The average molecular weight is 376 g/mol. The van der Waals surface area contributed by atoms with Crippen LogP contribution < -0.4 is 4.72 Å². The van der Waals surface area contributed by atoms with E-state index >= 15 is 0 Å². The van der Waals surface area contributed by atoms with Crippen molar-refractivity contribution in [2.45, 2.75) is 11.6 Å². The number of non-ortho nitro benzene ring substituents is 1. The molecule has 0 spiro atoms. The topological polar surface area (TPSA) is 120 Å². The minimum Gasteiger partial charge on any atom is -0.258 e. The van der Waals surface area contributed by atoms with Gasteiger partial charge in [-0.2, -0.15) is 0 Å². The van der Waals surface area contributed by atoms with E-state index in [4.69, 9.17) is 0 Å². The van der Waals surface area contributed by atoms with Crippen molar-refractivity contribution in [1.82, 2.24) is 19.7 Å². The second kappa shape index (κ2) is 5.87. The highest BCUT2D eigenvalue weighted by atomic mass is 79.9. The van der Waals surface area contributed by atoms with Crippen molar-refractivity contribution in [2.75, 3.05) is 0 Å². The van der Waals surface area contributed by atoms with Crippen LogP contribution in [0.25, 0.3) is 0 Å². The average Bonchev–Trinajstić information content (AvgIpc) is 2.77. The van der Waals surface area contributed by atoms with Gasteiger partial charge in [0.15, 0.2) is 4.60 Å². The van der Waals surface area contributed by atoms with Crippen molar-refractivity contribution >= 4 is 31.6 Å². The van der Waals surface area contributed by atoms with Gasteiger partial charge in [0, 0.05) is 25.7 Å². The van der Waals surface area contributed by atoms with E-state index in [-0.39, 0.29) is 21.9 Å². The van der Waals surface area contributed by atoms with Gasteiger partial charge in [-0.15, -0.1) is 5.10 Å². The molecule has 112 valence electrons. The van der Waals surface area contributed by atoms with Crippen LogP contribution in [0, 0.1) is 10.1 Å². The summed E-state index contributed by atoms with van der Waals surface area (Å²) < 4.78 is 27.9. The summed E-state index contributed by atoms with van der Waals surface area (Å²) in [4.78, 5) is 10.0. The molecule has 1 aromatic carbocycles. The van der Waals surface area contributed by atoms with E-state index in [9.17, 15) is 18.5 Å². The number of nitro groups is 1. The number of nitrogens with zero attached hydrogens (tertiary/aromatic N) is 4. The number of hydrogen-bond donors (Lipinski definition) is 1. The lowest BCUT2D eigenvalue weighted by atomic mass is 10.2. The number of halogens is 1. The van der Waals surface area contributed by atoms with E-state index in [0.29, 0.717) is 5.56 Å². The SMILES string of the molecule is Cn1nnc(Br)c1S(=O)(=O)NCc1ccc([N+](=O)[O-])cc1. The van der Waals surface area contributed by atoms with Gasteiger partial charge in [-0.3, -0.25) is 10.1 Å². The Morgan fingerprint density at radius 3 is 2.48 bits per heavy atom. The minimum atomic E-state index is -3.80. The van der Waals surface area contributed by atoms with Crippen LogP contribution >= 0.6 is 15.9 Å². The fourth-order valence-electron chi connectivity index (χ4n) is 1.59. The van der Waals surface area contributed by atoms with Crippen LogP contribution in [0.1, 0.15) is 5.56 Å². The molecule has 1 N–H and O–H groups in total. The Balaban J connectivity index is 2.14. The summed E-state index contributed by atoms with van der Waals surface area (Å²) in [5, 5.41) is 17.6. The van der Waals surface area contributed by atoms with Crippen molar-refractivity contribution in [2.24, 2.45) is 7.05 Å². The number of aromatic nitrogens is 3. The number of sulfonamides is 1. The molecule has 0 aliphatic heterocycles. The van der Waals surface area contributed by atoms with E-state index in [1.54, 1.807) is 0 Å². The molecule has 21 heavy (non-hydrogen) atoms. The van der Waals surface area contributed by atoms with Gasteiger partial charge >= 0.3 is 0 Å². The molecular formula is C10H10BrN5O4S. The summed E-state index contributed by atoms with van der Waals surface area (Å²) in [6.07, 6.45) is 0. The van der Waals surface area contributed by atoms with E-state index in [2.05, 4.69) is 31.0 Å². The Labute approximate surface area is 128 Å². The first-order chi connectivity index (χ1) is 9.81. The normalized spacial score (nSPS) is 11.5. The second-order valence-corrected chi connectivity index (χ2v) is 6.49. The van der Waals surface area contributed by atoms with Crippen LogP contribution in [-0.2, 0) is 23.6 Å². The number of aryl methyl sites for hydroxylation is 1. The predicted molar refractivity (Wildman–Crippen MR) is 75.8 cm³/mol. The Morgan fingerprint density at radius 2 is 2.00 bits per heavy atom. The Hall–Kier alpha value is -1.85. The zero-order valence-corrected chi connectivity index (χ0v) is 13.1. The highest BCUT2D eigenvalue weighted by Crippen LogP contribution is 2.18. The highest BCUT2D eigenvalue weighted by Gasteiger charge is 2.23. The van der Waals surface area contributed by atoms with Crippen LogP contribution in [0.4, 0.5) is 5.69 Å². The second-order valence-electron chi connectivity index (χ2n) is 4.06. The van der Waals surface area contributed by atoms with Gasteiger partial charge in [0.05, 0.1) is 4.92 Å². The van der Waals surface area contributed by atoms with Crippen molar-refractivity contribution < 1.29 is 13.3 Å². The van der Waals surface area contributed by atoms with Crippen LogP contribution in [-0.4, -0.2) is 28.3 Å². The van der Waals surface area contributed by atoms with E-state index in [1.165, 1.54) is 31.3 Å². The first-order valence-corrected chi connectivity index (χ1v) is 7.87. The van der Waals surface area contributed by atoms with Gasteiger partial charge in [-0.1, -0.05) is 17.3 Å². The van der Waals surface area contributed by atoms with Crippen molar-refractivity contribution in [3.05, 3.63) is 44.5 Å². The Kier molecular flexibility index (Phi) is 4.34. The summed E-state index contributed by atoms with van der Waals surface area (Å²) in [6, 6.07) is 5.59. The molecule has 9 nitrogen and oxygen atoms in total. The lowest BCUT2D eigenvalue weighted by Crippen LogP contribution is -2.25. The van der Waals surface area contributed by atoms with Crippen LogP contribution in [0.15, 0.2) is 33.9 Å². The summed E-state index contributed by atoms with van der Waals surface area (Å²) >= 11 is 3.02. The number of rotatable bonds is 5. The highest BCUT2D eigenvalue weighted by molar-refractivity contribution is 9.10. The van der Waals surface area contributed by atoms with E-state index in [1.807, 2.05) is 0 Å². The molecule has 0 amide bonds. The molecule has 1 aromatic heterocycles. The summed E-state index contributed by atoms with van der Waals surface area (Å²) in [7, 11) is -2.34. The van der Waals surface area contributed by atoms with Crippen molar-refractivity contribution in [3.8, 4) is 0 Å². The minimum absolute atomic E-state index is 0.00204. The van der Waals surface area contributed by atoms with Crippen LogP contribution in [0.3, 0.4) is 0 Å². The maximum atomic E-state index is 12.1. The summed E-state index contributed by atoms with van der Waals surface area (Å²) in [5.41, 5.74) is 0.538. The van der Waals surface area contributed by atoms with E-state index in [0.717, 1.165) is 4.68 Å². The first kappa shape index (κ1) is 15.5. The zero-order valence-electron chi connectivity index (χ0n) is 10.7. The molecule has 0 aliphatic carbocycles. The van der Waals surface area contributed by atoms with Gasteiger partial charge in [-0.25, -0.2) is 17.8 Å². The smallest absolute Gasteiger partial charge is 0.258 e. The van der Waals surface area contributed by atoms with E-state index < -0.39 is 14.9 Å². The molecule has 0 saturated carbocycles. The number of nitro benzene ring substituents is 1. The lowest BCUT2D eigenvalue weighted by Gasteiger charge is -2.06. The molecule has 0 unspecified atom stereocenters. The fourth-order valence-corrected chi connectivity index (χ4v) is 3.70. The Bertz CT molecular complexity index is 752. The fraction of sp³-hybridized carbons (Fsp3) is 0.200. The third kappa shape index (κ3) is 3.43. The van der Waals surface area contributed by atoms with Crippen molar-refractivity contribution in [1.29, 1.82) is 0 Å². The molecule has 0 radical (unpaired) electrons. The first-order valence-electron chi connectivity index (χ1n) is 5.59. The monoisotopic (exact) mass is 375 g/mol. The lowest BCUT2D eigenvalue weighted by molar-refractivity contribution is -0.384. The standard InChI is InChI=1S/C10H10BrN5O4S/c1-15-10(9(11)13-14-15)21(19,20)12-6-7-2-4-8(5-3-7)16(17)18/h2-5,12H,6H2,1H3. The van der Waals surface area contributed by atoms with Gasteiger partial charge in [0.25, 0.3) is 15.7 Å². The molecule has 0 fully saturated rings. The third-order valence-electron chi connectivity index (χ3n) is 2.61. The number of hydrogen-bond acceptors (Lipinski definition) is 6. The molecule has 2 rings (SSSR count).